The Labute approximate surface area is 131 Å². The summed E-state index contributed by atoms with van der Waals surface area (Å²) >= 11 is 1.66. The number of carbonyl (C=O) groups excluding carboxylic acids is 1. The Kier molecular flexibility index (Phi) is 5.79. The van der Waals surface area contributed by atoms with Crippen LogP contribution in [0.5, 0.6) is 0 Å². The van der Waals surface area contributed by atoms with Crippen LogP contribution in [0.15, 0.2) is 17.5 Å². The molecule has 0 radical (unpaired) electrons. The lowest BCUT2D eigenvalue weighted by molar-refractivity contribution is -0.127. The summed E-state index contributed by atoms with van der Waals surface area (Å²) in [5.41, 5.74) is 0.0731. The van der Waals surface area contributed by atoms with Crippen molar-refractivity contribution in [3.63, 3.8) is 0 Å². The normalized spacial score (nSPS) is 20.1. The molecule has 0 bridgehead atoms. The Morgan fingerprint density at radius 2 is 2.24 bits per heavy atom. The van der Waals surface area contributed by atoms with Gasteiger partial charge in [-0.3, -0.25) is 9.69 Å². The van der Waals surface area contributed by atoms with Crippen molar-refractivity contribution < 1.29 is 9.90 Å². The maximum absolute atomic E-state index is 12.2. The van der Waals surface area contributed by atoms with Crippen LogP contribution in [0, 0.1) is 5.41 Å². The van der Waals surface area contributed by atoms with Gasteiger partial charge < -0.3 is 10.4 Å². The molecule has 2 heterocycles. The molecule has 2 rings (SSSR count). The first-order chi connectivity index (χ1) is 10.1. The number of thiophene rings is 1. The van der Waals surface area contributed by atoms with E-state index in [1.54, 1.807) is 11.3 Å². The Bertz CT molecular complexity index is 433. The zero-order chi connectivity index (χ0) is 15.3. The van der Waals surface area contributed by atoms with Crippen molar-refractivity contribution in [2.45, 2.75) is 45.7 Å². The van der Waals surface area contributed by atoms with Crippen LogP contribution in [0.1, 0.15) is 38.0 Å². The highest BCUT2D eigenvalue weighted by atomic mass is 32.1. The number of carbonyl (C=O) groups is 1. The number of amides is 1. The predicted octanol–water partition coefficient (Wildman–Crippen LogP) is 2.24. The molecular weight excluding hydrogens is 284 g/mol. The number of nitrogens with zero attached hydrogens (tertiary/aromatic N) is 1. The third kappa shape index (κ3) is 4.05. The van der Waals surface area contributed by atoms with Gasteiger partial charge in [0.1, 0.15) is 0 Å². The van der Waals surface area contributed by atoms with Crippen molar-refractivity contribution in [3.05, 3.63) is 22.4 Å². The Morgan fingerprint density at radius 3 is 2.76 bits per heavy atom. The molecule has 1 aliphatic heterocycles. The van der Waals surface area contributed by atoms with Crippen molar-refractivity contribution in [2.75, 3.05) is 19.7 Å². The number of hydrogen-bond acceptors (Lipinski definition) is 4. The Hall–Kier alpha value is -0.910. The second-order valence-electron chi connectivity index (χ2n) is 6.02. The molecule has 118 valence electrons. The molecule has 1 amide bonds. The van der Waals surface area contributed by atoms with E-state index in [1.807, 2.05) is 24.4 Å². The molecule has 1 aromatic heterocycles. The highest BCUT2D eigenvalue weighted by Crippen LogP contribution is 2.34. The lowest BCUT2D eigenvalue weighted by Gasteiger charge is -2.42. The number of piperidine rings is 1. The summed E-state index contributed by atoms with van der Waals surface area (Å²) in [6, 6.07) is 3.94. The highest BCUT2D eigenvalue weighted by molar-refractivity contribution is 7.09. The number of aliphatic hydroxyl groups excluding tert-OH is 1. The van der Waals surface area contributed by atoms with Crippen LogP contribution in [-0.4, -0.2) is 41.7 Å². The third-order valence-corrected chi connectivity index (χ3v) is 5.76. The van der Waals surface area contributed by atoms with Gasteiger partial charge in [0.15, 0.2) is 0 Å². The van der Waals surface area contributed by atoms with Gasteiger partial charge in [0, 0.05) is 11.5 Å². The lowest BCUT2D eigenvalue weighted by Crippen LogP contribution is -2.50. The molecule has 0 saturated carbocycles. The van der Waals surface area contributed by atoms with E-state index in [9.17, 15) is 9.90 Å². The molecular formula is C16H26N2O2S. The van der Waals surface area contributed by atoms with E-state index in [1.165, 1.54) is 4.88 Å². The van der Waals surface area contributed by atoms with Crippen molar-refractivity contribution >= 4 is 17.2 Å². The van der Waals surface area contributed by atoms with Crippen LogP contribution in [-0.2, 0) is 11.3 Å². The van der Waals surface area contributed by atoms with Crippen molar-refractivity contribution in [3.8, 4) is 0 Å². The molecule has 1 aromatic rings. The Morgan fingerprint density at radius 1 is 1.52 bits per heavy atom. The van der Waals surface area contributed by atoms with Crippen molar-refractivity contribution in [1.29, 1.82) is 0 Å². The summed E-state index contributed by atoms with van der Waals surface area (Å²) in [5, 5.41) is 14.6. The van der Waals surface area contributed by atoms with Gasteiger partial charge in [-0.25, -0.2) is 0 Å². The Balaban J connectivity index is 1.81. The van der Waals surface area contributed by atoms with Crippen LogP contribution in [0.2, 0.25) is 0 Å². The molecule has 0 aliphatic carbocycles. The molecule has 1 unspecified atom stereocenters. The van der Waals surface area contributed by atoms with Gasteiger partial charge in [-0.15, -0.1) is 11.3 Å². The first kappa shape index (κ1) is 16.5. The van der Waals surface area contributed by atoms with E-state index >= 15 is 0 Å². The number of hydrogen-bond donors (Lipinski definition) is 2. The standard InChI is InChI=1S/C16H26N2O2S/c1-3-16(12-19)6-8-18(9-7-16)13(2)15(20)17-11-14-5-4-10-21-14/h4-5,10,13,19H,3,6-9,11-12H2,1-2H3,(H,17,20). The van der Waals surface area contributed by atoms with Gasteiger partial charge in [-0.05, 0) is 56.1 Å². The molecule has 21 heavy (non-hydrogen) atoms. The lowest BCUT2D eigenvalue weighted by atomic mass is 9.76. The summed E-state index contributed by atoms with van der Waals surface area (Å²) in [4.78, 5) is 15.6. The van der Waals surface area contributed by atoms with Gasteiger partial charge in [-0.1, -0.05) is 13.0 Å². The molecule has 1 saturated heterocycles. The quantitative estimate of drug-likeness (QED) is 0.847. The largest absolute Gasteiger partial charge is 0.396 e. The fraction of sp³-hybridized carbons (Fsp3) is 0.688. The predicted molar refractivity (Wildman–Crippen MR) is 86.2 cm³/mol. The second kappa shape index (κ2) is 7.38. The molecule has 1 fully saturated rings. The molecule has 4 nitrogen and oxygen atoms in total. The molecule has 0 aromatic carbocycles. The van der Waals surface area contributed by atoms with E-state index in [2.05, 4.69) is 17.1 Å². The third-order valence-electron chi connectivity index (χ3n) is 4.89. The molecule has 1 aliphatic rings. The monoisotopic (exact) mass is 310 g/mol. The van der Waals surface area contributed by atoms with E-state index in [0.717, 1.165) is 32.4 Å². The van der Waals surface area contributed by atoms with Gasteiger partial charge in [-0.2, -0.15) is 0 Å². The number of nitrogens with one attached hydrogen (secondary N) is 1. The van der Waals surface area contributed by atoms with E-state index < -0.39 is 0 Å². The summed E-state index contributed by atoms with van der Waals surface area (Å²) < 4.78 is 0. The molecule has 1 atom stereocenters. The highest BCUT2D eigenvalue weighted by Gasteiger charge is 2.35. The number of rotatable bonds is 6. The van der Waals surface area contributed by atoms with Crippen LogP contribution in [0.4, 0.5) is 0 Å². The van der Waals surface area contributed by atoms with E-state index in [-0.39, 0.29) is 24.0 Å². The van der Waals surface area contributed by atoms with Gasteiger partial charge in [0.2, 0.25) is 5.91 Å². The molecule has 0 spiro atoms. The minimum absolute atomic E-state index is 0.0731. The minimum Gasteiger partial charge on any atom is -0.396 e. The van der Waals surface area contributed by atoms with Crippen molar-refractivity contribution in [2.24, 2.45) is 5.41 Å². The SMILES string of the molecule is CCC1(CO)CCN(C(C)C(=O)NCc2cccs2)CC1. The first-order valence-electron chi connectivity index (χ1n) is 7.75. The fourth-order valence-electron chi connectivity index (χ4n) is 2.91. The average molecular weight is 310 g/mol. The zero-order valence-electron chi connectivity index (χ0n) is 13.0. The maximum Gasteiger partial charge on any atom is 0.237 e. The average Bonchev–Trinajstić information content (AvgIpc) is 3.05. The fourth-order valence-corrected chi connectivity index (χ4v) is 3.55. The summed E-state index contributed by atoms with van der Waals surface area (Å²) in [7, 11) is 0. The van der Waals surface area contributed by atoms with E-state index in [4.69, 9.17) is 0 Å². The second-order valence-corrected chi connectivity index (χ2v) is 7.05. The number of aliphatic hydroxyl groups is 1. The smallest absolute Gasteiger partial charge is 0.237 e. The van der Waals surface area contributed by atoms with Crippen molar-refractivity contribution in [1.82, 2.24) is 10.2 Å². The first-order valence-corrected chi connectivity index (χ1v) is 8.63. The van der Waals surface area contributed by atoms with Crippen LogP contribution in [0.3, 0.4) is 0 Å². The maximum atomic E-state index is 12.2. The van der Waals surface area contributed by atoms with E-state index in [0.29, 0.717) is 6.54 Å². The number of likely N-dealkylation sites (tertiary alicyclic amines) is 1. The summed E-state index contributed by atoms with van der Waals surface area (Å²) in [6.45, 7) is 6.77. The van der Waals surface area contributed by atoms with Crippen LogP contribution >= 0.6 is 11.3 Å². The van der Waals surface area contributed by atoms with Gasteiger partial charge >= 0.3 is 0 Å². The minimum atomic E-state index is -0.0986. The van der Waals surface area contributed by atoms with Gasteiger partial charge in [0.05, 0.1) is 12.6 Å². The van der Waals surface area contributed by atoms with Crippen LogP contribution in [0.25, 0.3) is 0 Å². The summed E-state index contributed by atoms with van der Waals surface area (Å²) in [6.07, 6.45) is 2.96. The van der Waals surface area contributed by atoms with Gasteiger partial charge in [0.25, 0.3) is 0 Å². The van der Waals surface area contributed by atoms with Crippen LogP contribution < -0.4 is 5.32 Å². The topological polar surface area (TPSA) is 52.6 Å². The summed E-state index contributed by atoms with van der Waals surface area (Å²) in [5.74, 6) is 0.0939. The molecule has 5 heteroatoms. The zero-order valence-corrected chi connectivity index (χ0v) is 13.8. The molecule has 2 N–H and O–H groups in total.